The zero-order valence-corrected chi connectivity index (χ0v) is 11.7. The molecule has 0 saturated heterocycles. The van der Waals surface area contributed by atoms with Gasteiger partial charge in [-0.25, -0.2) is 13.1 Å². The molecule has 6 heteroatoms. The van der Waals surface area contributed by atoms with Crippen molar-refractivity contribution in [3.05, 3.63) is 30.1 Å². The third-order valence-corrected chi connectivity index (χ3v) is 4.22. The lowest BCUT2D eigenvalue weighted by atomic mass is 10.0. The van der Waals surface area contributed by atoms with Gasteiger partial charge in [0, 0.05) is 17.9 Å². The predicted molar refractivity (Wildman–Crippen MR) is 72.6 cm³/mol. The van der Waals surface area contributed by atoms with Crippen molar-refractivity contribution in [3.63, 3.8) is 0 Å². The molecule has 1 aromatic rings. The van der Waals surface area contributed by atoms with Crippen molar-refractivity contribution in [2.24, 2.45) is 5.73 Å². The van der Waals surface area contributed by atoms with E-state index in [-0.39, 0.29) is 5.75 Å². The van der Waals surface area contributed by atoms with E-state index in [2.05, 4.69) is 9.71 Å². The van der Waals surface area contributed by atoms with Crippen LogP contribution in [-0.4, -0.2) is 31.2 Å². The summed E-state index contributed by atoms with van der Waals surface area (Å²) in [5.41, 5.74) is 5.93. The summed E-state index contributed by atoms with van der Waals surface area (Å²) < 4.78 is 26.5. The average molecular weight is 271 g/mol. The lowest BCUT2D eigenvalue weighted by Crippen LogP contribution is -2.45. The lowest BCUT2D eigenvalue weighted by Gasteiger charge is -2.25. The highest BCUT2D eigenvalue weighted by molar-refractivity contribution is 7.89. The fourth-order valence-electron chi connectivity index (χ4n) is 1.69. The Bertz CT molecular complexity index is 457. The van der Waals surface area contributed by atoms with Crippen LogP contribution >= 0.6 is 0 Å². The molecule has 0 fully saturated rings. The molecular weight excluding hydrogens is 250 g/mol. The first kappa shape index (κ1) is 15.1. The molecule has 102 valence electrons. The summed E-state index contributed by atoms with van der Waals surface area (Å²) in [7, 11) is -3.29. The van der Waals surface area contributed by atoms with Gasteiger partial charge in [-0.05, 0) is 50.9 Å². The molecule has 3 N–H and O–H groups in total. The van der Waals surface area contributed by atoms with Gasteiger partial charge in [-0.15, -0.1) is 0 Å². The van der Waals surface area contributed by atoms with Gasteiger partial charge in [-0.2, -0.15) is 0 Å². The smallest absolute Gasteiger partial charge is 0.212 e. The number of pyridine rings is 1. The lowest BCUT2D eigenvalue weighted by molar-refractivity contribution is 0.428. The molecular formula is C12H21N3O2S. The van der Waals surface area contributed by atoms with Crippen molar-refractivity contribution in [2.75, 3.05) is 12.3 Å². The fraction of sp³-hybridized carbons (Fsp3) is 0.583. The molecule has 0 saturated carbocycles. The van der Waals surface area contributed by atoms with Gasteiger partial charge in [-0.3, -0.25) is 4.98 Å². The maximum atomic E-state index is 11.9. The summed E-state index contributed by atoms with van der Waals surface area (Å²) in [5.74, 6) is 0.0744. The molecule has 1 heterocycles. The number of nitrogens with two attached hydrogens (primary N) is 1. The molecule has 0 spiro atoms. The molecule has 1 aromatic heterocycles. The summed E-state index contributed by atoms with van der Waals surface area (Å²) in [6.07, 6.45) is 4.42. The van der Waals surface area contributed by atoms with Crippen LogP contribution in [0.1, 0.15) is 25.8 Å². The largest absolute Gasteiger partial charge is 0.330 e. The zero-order chi connectivity index (χ0) is 13.6. The second-order valence-electron chi connectivity index (χ2n) is 4.95. The van der Waals surface area contributed by atoms with Gasteiger partial charge in [0.05, 0.1) is 5.75 Å². The summed E-state index contributed by atoms with van der Waals surface area (Å²) in [5, 5.41) is 0. The first-order valence-electron chi connectivity index (χ1n) is 5.95. The van der Waals surface area contributed by atoms with Crippen molar-refractivity contribution in [3.8, 4) is 0 Å². The molecule has 0 bridgehead atoms. The van der Waals surface area contributed by atoms with Gasteiger partial charge >= 0.3 is 0 Å². The highest BCUT2D eigenvalue weighted by Crippen LogP contribution is 2.10. The number of sulfonamides is 1. The average Bonchev–Trinajstić information content (AvgIpc) is 2.26. The summed E-state index contributed by atoms with van der Waals surface area (Å²) >= 11 is 0. The van der Waals surface area contributed by atoms with Gasteiger partial charge in [-0.1, -0.05) is 0 Å². The predicted octanol–water partition coefficient (Wildman–Crippen LogP) is 0.671. The van der Waals surface area contributed by atoms with E-state index in [0.29, 0.717) is 19.4 Å². The van der Waals surface area contributed by atoms with E-state index in [1.807, 2.05) is 26.0 Å². The van der Waals surface area contributed by atoms with E-state index < -0.39 is 15.6 Å². The third kappa shape index (κ3) is 5.57. The van der Waals surface area contributed by atoms with E-state index in [4.69, 9.17) is 5.73 Å². The molecule has 18 heavy (non-hydrogen) atoms. The Morgan fingerprint density at radius 1 is 1.33 bits per heavy atom. The second kappa shape index (κ2) is 6.26. The standard InChI is InChI=1S/C12H21N3O2S/c1-12(2,6-7-13)15-18(16,17)10-5-11-3-8-14-9-4-11/h3-4,8-9,15H,5-7,10,13H2,1-2H3. The Labute approximate surface area is 109 Å². The molecule has 0 aromatic carbocycles. The van der Waals surface area contributed by atoms with Crippen molar-refractivity contribution >= 4 is 10.0 Å². The monoisotopic (exact) mass is 271 g/mol. The quantitative estimate of drug-likeness (QED) is 0.763. The van der Waals surface area contributed by atoms with Crippen LogP contribution in [0.15, 0.2) is 24.5 Å². The Morgan fingerprint density at radius 3 is 2.50 bits per heavy atom. The first-order chi connectivity index (χ1) is 8.35. The number of hydrogen-bond donors (Lipinski definition) is 2. The number of hydrogen-bond acceptors (Lipinski definition) is 4. The van der Waals surface area contributed by atoms with E-state index in [0.717, 1.165) is 5.56 Å². The van der Waals surface area contributed by atoms with Gasteiger partial charge < -0.3 is 5.73 Å². The molecule has 0 radical (unpaired) electrons. The second-order valence-corrected chi connectivity index (χ2v) is 6.79. The minimum atomic E-state index is -3.29. The van der Waals surface area contributed by atoms with E-state index >= 15 is 0 Å². The number of aromatic nitrogens is 1. The number of rotatable bonds is 7. The molecule has 0 aliphatic carbocycles. The topological polar surface area (TPSA) is 85.1 Å². The Kier molecular flexibility index (Phi) is 5.25. The summed E-state index contributed by atoms with van der Waals surface area (Å²) in [6.45, 7) is 4.13. The van der Waals surface area contributed by atoms with Crippen LogP contribution in [0.2, 0.25) is 0 Å². The normalized spacial score (nSPS) is 12.6. The number of nitrogens with one attached hydrogen (secondary N) is 1. The van der Waals surface area contributed by atoms with Crippen LogP contribution in [0.3, 0.4) is 0 Å². The molecule has 0 atom stereocenters. The van der Waals surface area contributed by atoms with Gasteiger partial charge in [0.2, 0.25) is 10.0 Å². The van der Waals surface area contributed by atoms with Crippen LogP contribution in [0.5, 0.6) is 0 Å². The SMILES string of the molecule is CC(C)(CCN)NS(=O)(=O)CCc1ccncc1. The van der Waals surface area contributed by atoms with E-state index in [1.54, 1.807) is 12.4 Å². The zero-order valence-electron chi connectivity index (χ0n) is 10.9. The Morgan fingerprint density at radius 2 is 1.94 bits per heavy atom. The fourth-order valence-corrected chi connectivity index (χ4v) is 3.24. The molecule has 0 unspecified atom stereocenters. The molecule has 5 nitrogen and oxygen atoms in total. The highest BCUT2D eigenvalue weighted by Gasteiger charge is 2.23. The van der Waals surface area contributed by atoms with Crippen LogP contribution in [0.4, 0.5) is 0 Å². The first-order valence-corrected chi connectivity index (χ1v) is 7.60. The number of nitrogens with zero attached hydrogens (tertiary/aromatic N) is 1. The summed E-state index contributed by atoms with van der Waals surface area (Å²) in [4.78, 5) is 3.89. The van der Waals surface area contributed by atoms with E-state index in [1.165, 1.54) is 0 Å². The van der Waals surface area contributed by atoms with Crippen molar-refractivity contribution in [2.45, 2.75) is 32.2 Å². The van der Waals surface area contributed by atoms with Crippen molar-refractivity contribution < 1.29 is 8.42 Å². The van der Waals surface area contributed by atoms with Crippen LogP contribution < -0.4 is 10.5 Å². The Hall–Kier alpha value is -0.980. The molecule has 1 rings (SSSR count). The minimum absolute atomic E-state index is 0.0744. The van der Waals surface area contributed by atoms with Crippen molar-refractivity contribution in [1.82, 2.24) is 9.71 Å². The van der Waals surface area contributed by atoms with Gasteiger partial charge in [0.15, 0.2) is 0 Å². The van der Waals surface area contributed by atoms with Crippen LogP contribution in [0.25, 0.3) is 0 Å². The maximum absolute atomic E-state index is 11.9. The minimum Gasteiger partial charge on any atom is -0.330 e. The van der Waals surface area contributed by atoms with E-state index in [9.17, 15) is 8.42 Å². The van der Waals surface area contributed by atoms with Crippen LogP contribution in [0, 0.1) is 0 Å². The van der Waals surface area contributed by atoms with Crippen LogP contribution in [-0.2, 0) is 16.4 Å². The number of aryl methyl sites for hydroxylation is 1. The van der Waals surface area contributed by atoms with Gasteiger partial charge in [0.1, 0.15) is 0 Å². The Balaban J connectivity index is 2.55. The summed E-state index contributed by atoms with van der Waals surface area (Å²) in [6, 6.07) is 3.64. The third-order valence-electron chi connectivity index (χ3n) is 2.61. The molecule has 0 amide bonds. The van der Waals surface area contributed by atoms with Crippen molar-refractivity contribution in [1.29, 1.82) is 0 Å². The molecule has 0 aliphatic rings. The maximum Gasteiger partial charge on any atom is 0.212 e. The molecule has 0 aliphatic heterocycles. The highest BCUT2D eigenvalue weighted by atomic mass is 32.2. The van der Waals surface area contributed by atoms with Gasteiger partial charge in [0.25, 0.3) is 0 Å².